The molecule has 0 saturated carbocycles. The fraction of sp³-hybridized carbons (Fsp3) is 0.375. The van der Waals surface area contributed by atoms with Crippen LogP contribution in [0, 0.1) is 0 Å². The van der Waals surface area contributed by atoms with Crippen molar-refractivity contribution < 1.29 is 4.79 Å². The highest BCUT2D eigenvalue weighted by atomic mass is 35.5. The largest absolute Gasteiger partial charge is 0.380 e. The number of nitrogens with zero attached hydrogens (tertiary/aromatic N) is 2. The lowest BCUT2D eigenvalue weighted by molar-refractivity contribution is -0.129. The highest BCUT2D eigenvalue weighted by Gasteiger charge is 2.21. The average Bonchev–Trinajstić information content (AvgIpc) is 2.51. The quantitative estimate of drug-likeness (QED) is 0.926. The van der Waals surface area contributed by atoms with E-state index < -0.39 is 0 Å². The third-order valence-electron chi connectivity index (χ3n) is 4.02. The summed E-state index contributed by atoms with van der Waals surface area (Å²) in [5.74, 6) is 0.159. The molecule has 1 aromatic heterocycles. The lowest BCUT2D eigenvalue weighted by atomic mass is 10.0. The maximum Gasteiger partial charge on any atom is 0.219 e. The molecule has 1 aliphatic rings. The third-order valence-corrected chi connectivity index (χ3v) is 4.35. The molecule has 0 spiro atoms. The van der Waals surface area contributed by atoms with E-state index in [4.69, 9.17) is 11.6 Å². The van der Waals surface area contributed by atoms with E-state index in [1.54, 1.807) is 13.1 Å². The summed E-state index contributed by atoms with van der Waals surface area (Å²) < 4.78 is 0. The highest BCUT2D eigenvalue weighted by molar-refractivity contribution is 6.35. The number of halogens is 1. The smallest absolute Gasteiger partial charge is 0.219 e. The van der Waals surface area contributed by atoms with Gasteiger partial charge in [-0.1, -0.05) is 11.6 Å². The second kappa shape index (κ2) is 5.90. The van der Waals surface area contributed by atoms with Gasteiger partial charge in [-0.3, -0.25) is 9.78 Å². The van der Waals surface area contributed by atoms with Crippen molar-refractivity contribution in [2.45, 2.75) is 25.8 Å². The van der Waals surface area contributed by atoms with Crippen molar-refractivity contribution in [3.05, 3.63) is 35.5 Å². The number of fused-ring (bicyclic) bond motifs is 1. The zero-order valence-electron chi connectivity index (χ0n) is 12.0. The van der Waals surface area contributed by atoms with Crippen LogP contribution in [0.3, 0.4) is 0 Å². The van der Waals surface area contributed by atoms with Crippen molar-refractivity contribution >= 4 is 34.1 Å². The molecule has 0 bridgehead atoms. The van der Waals surface area contributed by atoms with Gasteiger partial charge < -0.3 is 10.2 Å². The molecule has 1 amide bonds. The number of nitrogens with one attached hydrogen (secondary N) is 1. The van der Waals surface area contributed by atoms with E-state index in [9.17, 15) is 4.79 Å². The van der Waals surface area contributed by atoms with Crippen LogP contribution < -0.4 is 5.32 Å². The molecule has 4 nitrogen and oxygen atoms in total. The molecule has 1 saturated heterocycles. The lowest BCUT2D eigenvalue weighted by Gasteiger charge is -2.32. The first kappa shape index (κ1) is 14.1. The van der Waals surface area contributed by atoms with Crippen molar-refractivity contribution in [3.63, 3.8) is 0 Å². The SMILES string of the molecule is CC(=O)N1CCC(Nc2ccc(Cl)c3cccnc23)CC1. The van der Waals surface area contributed by atoms with E-state index in [1.165, 1.54) is 0 Å². The molecule has 1 aliphatic heterocycles. The normalized spacial score (nSPS) is 16.2. The predicted molar refractivity (Wildman–Crippen MR) is 85.7 cm³/mol. The molecule has 1 N–H and O–H groups in total. The first-order valence-electron chi connectivity index (χ1n) is 7.20. The summed E-state index contributed by atoms with van der Waals surface area (Å²) in [4.78, 5) is 17.7. The molecule has 0 unspecified atom stereocenters. The van der Waals surface area contributed by atoms with Gasteiger partial charge in [0.1, 0.15) is 0 Å². The van der Waals surface area contributed by atoms with E-state index in [0.717, 1.165) is 47.5 Å². The second-order valence-corrected chi connectivity index (χ2v) is 5.83. The van der Waals surface area contributed by atoms with Crippen LogP contribution in [0.15, 0.2) is 30.5 Å². The van der Waals surface area contributed by atoms with Gasteiger partial charge in [0.2, 0.25) is 5.91 Å². The van der Waals surface area contributed by atoms with Crippen LogP contribution in [0.4, 0.5) is 5.69 Å². The Kier molecular flexibility index (Phi) is 3.97. The van der Waals surface area contributed by atoms with Gasteiger partial charge in [-0.2, -0.15) is 0 Å². The topological polar surface area (TPSA) is 45.2 Å². The van der Waals surface area contributed by atoms with Crippen LogP contribution in [-0.2, 0) is 4.79 Å². The summed E-state index contributed by atoms with van der Waals surface area (Å²) in [6.07, 6.45) is 3.69. The van der Waals surface area contributed by atoms with Crippen molar-refractivity contribution in [2.24, 2.45) is 0 Å². The molecular formula is C16H18ClN3O. The minimum atomic E-state index is 0.159. The summed E-state index contributed by atoms with van der Waals surface area (Å²) in [6.45, 7) is 3.25. The number of hydrogen-bond acceptors (Lipinski definition) is 3. The number of benzene rings is 1. The molecule has 110 valence electrons. The molecule has 1 fully saturated rings. The number of likely N-dealkylation sites (tertiary alicyclic amines) is 1. The molecule has 2 heterocycles. The van der Waals surface area contributed by atoms with Gasteiger partial charge in [-0.25, -0.2) is 0 Å². The Balaban J connectivity index is 1.77. The van der Waals surface area contributed by atoms with Gasteiger partial charge in [0, 0.05) is 37.6 Å². The van der Waals surface area contributed by atoms with Gasteiger partial charge in [-0.05, 0) is 37.1 Å². The molecule has 5 heteroatoms. The number of hydrogen-bond donors (Lipinski definition) is 1. The molecule has 2 aromatic rings. The van der Waals surface area contributed by atoms with Crippen LogP contribution in [0.5, 0.6) is 0 Å². The van der Waals surface area contributed by atoms with E-state index >= 15 is 0 Å². The maximum atomic E-state index is 11.4. The number of carbonyl (C=O) groups excluding carboxylic acids is 1. The fourth-order valence-corrected chi connectivity index (χ4v) is 3.03. The van der Waals surface area contributed by atoms with Gasteiger partial charge in [0.15, 0.2) is 0 Å². The maximum absolute atomic E-state index is 11.4. The summed E-state index contributed by atoms with van der Waals surface area (Å²) in [6, 6.07) is 8.12. The van der Waals surface area contributed by atoms with Crippen LogP contribution in [-0.4, -0.2) is 34.9 Å². The Morgan fingerprint density at radius 1 is 1.33 bits per heavy atom. The van der Waals surface area contributed by atoms with Crippen molar-refractivity contribution in [2.75, 3.05) is 18.4 Å². The molecule has 21 heavy (non-hydrogen) atoms. The molecule has 0 atom stereocenters. The monoisotopic (exact) mass is 303 g/mol. The van der Waals surface area contributed by atoms with Crippen molar-refractivity contribution in [1.29, 1.82) is 0 Å². The number of anilines is 1. The molecule has 0 radical (unpaired) electrons. The number of pyridine rings is 1. The lowest BCUT2D eigenvalue weighted by Crippen LogP contribution is -2.41. The number of rotatable bonds is 2. The van der Waals surface area contributed by atoms with Gasteiger partial charge >= 0.3 is 0 Å². The van der Waals surface area contributed by atoms with E-state index in [-0.39, 0.29) is 5.91 Å². The van der Waals surface area contributed by atoms with Gasteiger partial charge in [-0.15, -0.1) is 0 Å². The highest BCUT2D eigenvalue weighted by Crippen LogP contribution is 2.29. The van der Waals surface area contributed by atoms with Crippen LogP contribution >= 0.6 is 11.6 Å². The number of aromatic nitrogens is 1. The zero-order valence-corrected chi connectivity index (χ0v) is 12.7. The van der Waals surface area contributed by atoms with E-state index in [0.29, 0.717) is 6.04 Å². The zero-order chi connectivity index (χ0) is 14.8. The number of piperidine rings is 1. The summed E-state index contributed by atoms with van der Waals surface area (Å²) in [5.41, 5.74) is 1.91. The van der Waals surface area contributed by atoms with Crippen LogP contribution in [0.1, 0.15) is 19.8 Å². The average molecular weight is 304 g/mol. The van der Waals surface area contributed by atoms with Crippen molar-refractivity contribution in [1.82, 2.24) is 9.88 Å². The van der Waals surface area contributed by atoms with E-state index in [2.05, 4.69) is 10.3 Å². The Hall–Kier alpha value is -1.81. The minimum absolute atomic E-state index is 0.159. The van der Waals surface area contributed by atoms with Gasteiger partial charge in [0.05, 0.1) is 16.2 Å². The van der Waals surface area contributed by atoms with Crippen LogP contribution in [0.2, 0.25) is 5.02 Å². The first-order chi connectivity index (χ1) is 10.1. The second-order valence-electron chi connectivity index (χ2n) is 5.42. The summed E-state index contributed by atoms with van der Waals surface area (Å²) >= 11 is 6.21. The Bertz CT molecular complexity index is 666. The summed E-state index contributed by atoms with van der Waals surface area (Å²) in [5, 5.41) is 5.23. The molecule has 3 rings (SSSR count). The standard InChI is InChI=1S/C16H18ClN3O/c1-11(21)20-9-6-12(7-10-20)19-15-5-4-14(17)13-3-2-8-18-16(13)15/h2-5,8,12,19H,6-7,9-10H2,1H3. The number of carbonyl (C=O) groups is 1. The van der Waals surface area contributed by atoms with E-state index in [1.807, 2.05) is 29.2 Å². The Morgan fingerprint density at radius 3 is 2.81 bits per heavy atom. The van der Waals surface area contributed by atoms with Gasteiger partial charge in [0.25, 0.3) is 0 Å². The minimum Gasteiger partial charge on any atom is -0.380 e. The summed E-state index contributed by atoms with van der Waals surface area (Å²) in [7, 11) is 0. The molecule has 1 aromatic carbocycles. The first-order valence-corrected chi connectivity index (χ1v) is 7.58. The fourth-order valence-electron chi connectivity index (χ4n) is 2.81. The van der Waals surface area contributed by atoms with Crippen LogP contribution in [0.25, 0.3) is 10.9 Å². The Morgan fingerprint density at radius 2 is 2.10 bits per heavy atom. The molecular weight excluding hydrogens is 286 g/mol. The van der Waals surface area contributed by atoms with Crippen molar-refractivity contribution in [3.8, 4) is 0 Å². The predicted octanol–water partition coefficient (Wildman–Crippen LogP) is 3.31. The molecule has 0 aliphatic carbocycles. The third kappa shape index (κ3) is 2.95. The number of amides is 1. The Labute approximate surface area is 129 Å².